The number of pyridine rings is 1. The summed E-state index contributed by atoms with van der Waals surface area (Å²) in [5.41, 5.74) is 0.912. The zero-order chi connectivity index (χ0) is 19.2. The molecule has 27 heavy (non-hydrogen) atoms. The highest BCUT2D eigenvalue weighted by molar-refractivity contribution is 6.07. The van der Waals surface area contributed by atoms with Crippen LogP contribution in [0.3, 0.4) is 0 Å². The number of phenolic OH excluding ortho intramolecular Hbond substituents is 1. The summed E-state index contributed by atoms with van der Waals surface area (Å²) in [4.78, 5) is 30.3. The van der Waals surface area contributed by atoms with Crippen molar-refractivity contribution in [3.63, 3.8) is 0 Å². The molecule has 1 aliphatic heterocycles. The first-order valence-corrected chi connectivity index (χ1v) is 8.43. The summed E-state index contributed by atoms with van der Waals surface area (Å²) >= 11 is 0. The lowest BCUT2D eigenvalue weighted by molar-refractivity contribution is -0.111. The Morgan fingerprint density at radius 2 is 1.89 bits per heavy atom. The minimum Gasteiger partial charge on any atom is -0.507 e. The van der Waals surface area contributed by atoms with E-state index >= 15 is 0 Å². The van der Waals surface area contributed by atoms with Crippen molar-refractivity contribution >= 4 is 29.0 Å². The van der Waals surface area contributed by atoms with Crippen LogP contribution in [-0.4, -0.2) is 48.2 Å². The van der Waals surface area contributed by atoms with Crippen LogP contribution in [0.4, 0.5) is 17.2 Å². The number of aromatic nitrogens is 1. The van der Waals surface area contributed by atoms with Gasteiger partial charge in [-0.05, 0) is 36.4 Å². The van der Waals surface area contributed by atoms with E-state index in [1.54, 1.807) is 12.3 Å². The molecule has 0 radical (unpaired) electrons. The van der Waals surface area contributed by atoms with Crippen LogP contribution in [0, 0.1) is 0 Å². The number of rotatable bonds is 5. The Morgan fingerprint density at radius 3 is 2.56 bits per heavy atom. The SMILES string of the molecule is C=CC(=O)Nc1ccc(O)c(C(=O)Nc2ccc(N3CCOCC3)nc2)c1. The van der Waals surface area contributed by atoms with Crippen LogP contribution in [0.25, 0.3) is 0 Å². The Balaban J connectivity index is 1.70. The first-order chi connectivity index (χ1) is 13.1. The molecule has 3 rings (SSSR count). The molecule has 0 bridgehead atoms. The minimum absolute atomic E-state index is 0.0362. The lowest BCUT2D eigenvalue weighted by atomic mass is 10.1. The van der Waals surface area contributed by atoms with E-state index in [0.717, 1.165) is 25.0 Å². The first-order valence-electron chi connectivity index (χ1n) is 8.43. The topological polar surface area (TPSA) is 104 Å². The average Bonchev–Trinajstić information content (AvgIpc) is 2.70. The number of hydrogen-bond acceptors (Lipinski definition) is 6. The smallest absolute Gasteiger partial charge is 0.259 e. The Hall–Kier alpha value is -3.39. The van der Waals surface area contributed by atoms with Gasteiger partial charge in [-0.1, -0.05) is 6.58 Å². The zero-order valence-corrected chi connectivity index (χ0v) is 14.6. The van der Waals surface area contributed by atoms with Crippen molar-refractivity contribution in [2.24, 2.45) is 0 Å². The van der Waals surface area contributed by atoms with Crippen LogP contribution < -0.4 is 15.5 Å². The molecule has 1 fully saturated rings. The van der Waals surface area contributed by atoms with E-state index < -0.39 is 11.8 Å². The zero-order valence-electron chi connectivity index (χ0n) is 14.6. The van der Waals surface area contributed by atoms with Crippen LogP contribution in [0.2, 0.25) is 0 Å². The summed E-state index contributed by atoms with van der Waals surface area (Å²) in [7, 11) is 0. The molecular formula is C19H20N4O4. The van der Waals surface area contributed by atoms with Crippen LogP contribution in [0.1, 0.15) is 10.4 Å². The molecule has 0 unspecified atom stereocenters. The highest BCUT2D eigenvalue weighted by Gasteiger charge is 2.15. The van der Waals surface area contributed by atoms with Gasteiger partial charge in [0, 0.05) is 18.8 Å². The predicted molar refractivity (Wildman–Crippen MR) is 102 cm³/mol. The number of nitrogens with zero attached hydrogens (tertiary/aromatic N) is 2. The number of amides is 2. The molecule has 1 aromatic carbocycles. The van der Waals surface area contributed by atoms with E-state index in [2.05, 4.69) is 27.1 Å². The average molecular weight is 368 g/mol. The fourth-order valence-electron chi connectivity index (χ4n) is 2.63. The molecule has 3 N–H and O–H groups in total. The number of benzene rings is 1. The molecule has 2 aromatic rings. The molecular weight excluding hydrogens is 348 g/mol. The molecule has 0 atom stereocenters. The van der Waals surface area contributed by atoms with Crippen molar-refractivity contribution in [3.05, 3.63) is 54.7 Å². The van der Waals surface area contributed by atoms with Crippen LogP contribution in [0.15, 0.2) is 49.2 Å². The fourth-order valence-corrected chi connectivity index (χ4v) is 2.63. The maximum Gasteiger partial charge on any atom is 0.259 e. The number of phenols is 1. The van der Waals surface area contributed by atoms with Gasteiger partial charge in [-0.15, -0.1) is 0 Å². The maximum absolute atomic E-state index is 12.5. The van der Waals surface area contributed by atoms with Crippen LogP contribution in [0.5, 0.6) is 5.75 Å². The van der Waals surface area contributed by atoms with Crippen molar-refractivity contribution in [1.82, 2.24) is 4.98 Å². The second-order valence-electron chi connectivity index (χ2n) is 5.88. The van der Waals surface area contributed by atoms with Gasteiger partial charge in [0.1, 0.15) is 11.6 Å². The Labute approximate surface area is 156 Å². The molecule has 140 valence electrons. The largest absolute Gasteiger partial charge is 0.507 e. The van der Waals surface area contributed by atoms with Crippen LogP contribution >= 0.6 is 0 Å². The van der Waals surface area contributed by atoms with Gasteiger partial charge in [-0.3, -0.25) is 9.59 Å². The quantitative estimate of drug-likeness (QED) is 0.551. The number of carbonyl (C=O) groups excluding carboxylic acids is 2. The van der Waals surface area contributed by atoms with Crippen LogP contribution in [-0.2, 0) is 9.53 Å². The van der Waals surface area contributed by atoms with E-state index in [-0.39, 0.29) is 11.3 Å². The van der Waals surface area contributed by atoms with Crippen molar-refractivity contribution in [3.8, 4) is 5.75 Å². The van der Waals surface area contributed by atoms with Gasteiger partial charge in [0.15, 0.2) is 0 Å². The van der Waals surface area contributed by atoms with E-state index in [9.17, 15) is 14.7 Å². The normalized spacial score (nSPS) is 13.7. The summed E-state index contributed by atoms with van der Waals surface area (Å²) in [5, 5.41) is 15.2. The van der Waals surface area contributed by atoms with E-state index in [4.69, 9.17) is 4.74 Å². The fraction of sp³-hybridized carbons (Fsp3) is 0.211. The lowest BCUT2D eigenvalue weighted by Crippen LogP contribution is -2.36. The molecule has 0 saturated carbocycles. The van der Waals surface area contributed by atoms with Crippen molar-refractivity contribution < 1.29 is 19.4 Å². The van der Waals surface area contributed by atoms with Gasteiger partial charge in [0.05, 0.1) is 30.7 Å². The van der Waals surface area contributed by atoms with Crippen molar-refractivity contribution in [2.45, 2.75) is 0 Å². The summed E-state index contributed by atoms with van der Waals surface area (Å²) < 4.78 is 5.32. The Morgan fingerprint density at radius 1 is 1.15 bits per heavy atom. The molecule has 8 nitrogen and oxygen atoms in total. The third-order valence-corrected chi connectivity index (χ3v) is 4.03. The number of aromatic hydroxyl groups is 1. The highest BCUT2D eigenvalue weighted by atomic mass is 16.5. The van der Waals surface area contributed by atoms with Gasteiger partial charge in [-0.25, -0.2) is 4.98 Å². The van der Waals surface area contributed by atoms with E-state index in [0.29, 0.717) is 24.6 Å². The third kappa shape index (κ3) is 4.62. The summed E-state index contributed by atoms with van der Waals surface area (Å²) in [6.45, 7) is 6.25. The summed E-state index contributed by atoms with van der Waals surface area (Å²) in [6, 6.07) is 7.79. The monoisotopic (exact) mass is 368 g/mol. The van der Waals surface area contributed by atoms with E-state index in [1.807, 2.05) is 6.07 Å². The predicted octanol–water partition coefficient (Wildman–Crippen LogP) is 2.00. The number of hydrogen-bond donors (Lipinski definition) is 3. The maximum atomic E-state index is 12.5. The standard InChI is InChI=1S/C19H20N4O4/c1-2-18(25)21-13-3-5-16(24)15(11-13)19(26)22-14-4-6-17(20-12-14)23-7-9-27-10-8-23/h2-6,11-12,24H,1,7-10H2,(H,21,25)(H,22,26). The Kier molecular flexibility index (Phi) is 5.68. The van der Waals surface area contributed by atoms with Crippen molar-refractivity contribution in [1.29, 1.82) is 0 Å². The summed E-state index contributed by atoms with van der Waals surface area (Å²) in [6.07, 6.45) is 2.68. The first kappa shape index (κ1) is 18.4. The third-order valence-electron chi connectivity index (χ3n) is 4.03. The molecule has 1 aliphatic rings. The van der Waals surface area contributed by atoms with E-state index in [1.165, 1.54) is 18.2 Å². The molecule has 2 amide bonds. The second kappa shape index (κ2) is 8.33. The van der Waals surface area contributed by atoms with Gasteiger partial charge < -0.3 is 25.4 Å². The van der Waals surface area contributed by atoms with Gasteiger partial charge in [0.2, 0.25) is 5.91 Å². The molecule has 8 heteroatoms. The highest BCUT2D eigenvalue weighted by Crippen LogP contribution is 2.23. The van der Waals surface area contributed by atoms with Gasteiger partial charge in [0.25, 0.3) is 5.91 Å². The van der Waals surface area contributed by atoms with Gasteiger partial charge in [-0.2, -0.15) is 0 Å². The minimum atomic E-state index is -0.511. The molecule has 0 aliphatic carbocycles. The van der Waals surface area contributed by atoms with Gasteiger partial charge >= 0.3 is 0 Å². The molecule has 0 spiro atoms. The Bertz CT molecular complexity index is 845. The lowest BCUT2D eigenvalue weighted by Gasteiger charge is -2.27. The molecule has 2 heterocycles. The number of carbonyl (C=O) groups is 2. The van der Waals surface area contributed by atoms with Crippen molar-refractivity contribution in [2.75, 3.05) is 41.8 Å². The number of morpholine rings is 1. The molecule has 1 saturated heterocycles. The molecule has 1 aromatic heterocycles. The second-order valence-corrected chi connectivity index (χ2v) is 5.88. The number of anilines is 3. The number of nitrogens with one attached hydrogen (secondary N) is 2. The summed E-state index contributed by atoms with van der Waals surface area (Å²) in [5.74, 6) is -0.298. The number of ether oxygens (including phenoxy) is 1.